The lowest BCUT2D eigenvalue weighted by atomic mass is 9.91. The highest BCUT2D eigenvalue weighted by Crippen LogP contribution is 2.41. The first kappa shape index (κ1) is 15.8. The Morgan fingerprint density at radius 1 is 0.615 bits per heavy atom. The maximum Gasteiger partial charge on any atom is 0.125 e. The minimum atomic E-state index is 0.0736. The van der Waals surface area contributed by atoms with Gasteiger partial charge in [0.05, 0.1) is 0 Å². The second-order valence-electron chi connectivity index (χ2n) is 5.89. The van der Waals surface area contributed by atoms with Crippen molar-refractivity contribution in [3.63, 3.8) is 0 Å². The molecule has 0 radical (unpaired) electrons. The van der Waals surface area contributed by atoms with E-state index in [1.54, 1.807) is 60.7 Å². The van der Waals surface area contributed by atoms with Crippen LogP contribution in [0.1, 0.15) is 0 Å². The minimum Gasteiger partial charge on any atom is -0.508 e. The van der Waals surface area contributed by atoms with Gasteiger partial charge in [-0.2, -0.15) is 0 Å². The van der Waals surface area contributed by atoms with Gasteiger partial charge >= 0.3 is 0 Å². The molecule has 4 aromatic rings. The monoisotopic (exact) mass is 345 g/mol. The fourth-order valence-corrected chi connectivity index (χ4v) is 2.90. The van der Waals surface area contributed by atoms with Crippen molar-refractivity contribution < 1.29 is 19.8 Å². The highest BCUT2D eigenvalue weighted by atomic mass is 16.5. The zero-order valence-corrected chi connectivity index (χ0v) is 13.6. The normalized spacial score (nSPS) is 10.8. The van der Waals surface area contributed by atoms with Crippen molar-refractivity contribution in [1.29, 1.82) is 0 Å². The first-order chi connectivity index (χ1) is 12.6. The van der Waals surface area contributed by atoms with Gasteiger partial charge in [0, 0.05) is 11.6 Å². The Bertz CT molecular complexity index is 1040. The molecule has 0 saturated heterocycles. The number of phenolic OH excluding ortho intramolecular Hbond substituents is 3. The SMILES string of the molecule is Oc1ccc(-c2cc(O)c(-c3ccon3)cc2-c2ccc(O)cc2)cc1. The van der Waals surface area contributed by atoms with E-state index in [1.807, 2.05) is 6.07 Å². The molecule has 5 nitrogen and oxygen atoms in total. The molecule has 3 N–H and O–H groups in total. The minimum absolute atomic E-state index is 0.0736. The Balaban J connectivity index is 1.96. The highest BCUT2D eigenvalue weighted by molar-refractivity contribution is 5.89. The Labute approximate surface area is 149 Å². The van der Waals surface area contributed by atoms with Crippen LogP contribution in [0.4, 0.5) is 0 Å². The zero-order valence-electron chi connectivity index (χ0n) is 13.6. The number of phenols is 3. The van der Waals surface area contributed by atoms with Crippen LogP contribution in [0.2, 0.25) is 0 Å². The quantitative estimate of drug-likeness (QED) is 0.497. The van der Waals surface area contributed by atoms with Crippen molar-refractivity contribution in [3.05, 3.63) is 73.0 Å². The second-order valence-corrected chi connectivity index (χ2v) is 5.89. The molecule has 5 heteroatoms. The molecule has 0 bridgehead atoms. The number of nitrogens with zero attached hydrogens (tertiary/aromatic N) is 1. The van der Waals surface area contributed by atoms with Gasteiger partial charge in [0.15, 0.2) is 0 Å². The summed E-state index contributed by atoms with van der Waals surface area (Å²) in [4.78, 5) is 0. The van der Waals surface area contributed by atoms with Crippen molar-refractivity contribution in [2.24, 2.45) is 0 Å². The second kappa shape index (κ2) is 6.29. The van der Waals surface area contributed by atoms with Gasteiger partial charge in [0.2, 0.25) is 0 Å². The van der Waals surface area contributed by atoms with Crippen LogP contribution in [0, 0.1) is 0 Å². The summed E-state index contributed by atoms with van der Waals surface area (Å²) in [5.74, 6) is 0.420. The van der Waals surface area contributed by atoms with E-state index in [4.69, 9.17) is 4.52 Å². The first-order valence-electron chi connectivity index (χ1n) is 7.98. The fraction of sp³-hybridized carbons (Fsp3) is 0. The number of aromatic hydroxyl groups is 3. The Kier molecular flexibility index (Phi) is 3.82. The lowest BCUT2D eigenvalue weighted by Crippen LogP contribution is -1.89. The largest absolute Gasteiger partial charge is 0.508 e. The molecule has 0 amide bonds. The molecule has 1 heterocycles. The van der Waals surface area contributed by atoms with Gasteiger partial charge in [-0.05, 0) is 58.7 Å². The molecule has 0 spiro atoms. The van der Waals surface area contributed by atoms with Gasteiger partial charge in [-0.1, -0.05) is 29.4 Å². The van der Waals surface area contributed by atoms with Gasteiger partial charge in [-0.3, -0.25) is 0 Å². The third kappa shape index (κ3) is 2.86. The van der Waals surface area contributed by atoms with E-state index in [9.17, 15) is 15.3 Å². The number of hydrogen-bond acceptors (Lipinski definition) is 5. The summed E-state index contributed by atoms with van der Waals surface area (Å²) in [5.41, 5.74) is 4.43. The molecule has 4 rings (SSSR count). The fourth-order valence-electron chi connectivity index (χ4n) is 2.90. The van der Waals surface area contributed by atoms with Crippen LogP contribution in [0.15, 0.2) is 77.5 Å². The molecule has 0 fully saturated rings. The first-order valence-corrected chi connectivity index (χ1v) is 7.98. The van der Waals surface area contributed by atoms with Crippen molar-refractivity contribution in [2.45, 2.75) is 0 Å². The maximum absolute atomic E-state index is 10.5. The van der Waals surface area contributed by atoms with E-state index >= 15 is 0 Å². The van der Waals surface area contributed by atoms with E-state index in [0.717, 1.165) is 22.3 Å². The lowest BCUT2D eigenvalue weighted by molar-refractivity contribution is 0.421. The van der Waals surface area contributed by atoms with E-state index in [1.165, 1.54) is 6.26 Å². The number of hydrogen-bond donors (Lipinski definition) is 3. The topological polar surface area (TPSA) is 86.7 Å². The number of rotatable bonds is 3. The summed E-state index contributed by atoms with van der Waals surface area (Å²) >= 11 is 0. The molecule has 26 heavy (non-hydrogen) atoms. The average Bonchev–Trinajstić information content (AvgIpc) is 3.17. The van der Waals surface area contributed by atoms with Crippen LogP contribution in [0.25, 0.3) is 33.5 Å². The summed E-state index contributed by atoms with van der Waals surface area (Å²) in [7, 11) is 0. The van der Waals surface area contributed by atoms with Gasteiger partial charge in [0.1, 0.15) is 29.2 Å². The predicted octanol–water partition coefficient (Wildman–Crippen LogP) is 4.79. The predicted molar refractivity (Wildman–Crippen MR) is 97.8 cm³/mol. The standard InChI is InChI=1S/C21H15NO4/c23-15-5-1-13(2-6-15)17-11-19(20-9-10-26-22-20)21(25)12-18(17)14-3-7-16(24)8-4-14/h1-12,23-25H. The van der Waals surface area contributed by atoms with E-state index < -0.39 is 0 Å². The third-order valence-electron chi connectivity index (χ3n) is 4.21. The molecule has 0 saturated carbocycles. The third-order valence-corrected chi connectivity index (χ3v) is 4.21. The summed E-state index contributed by atoms with van der Waals surface area (Å²) in [6.45, 7) is 0. The van der Waals surface area contributed by atoms with Crippen LogP contribution in [-0.4, -0.2) is 20.5 Å². The summed E-state index contributed by atoms with van der Waals surface area (Å²) in [6, 6.07) is 18.8. The molecule has 0 atom stereocenters. The summed E-state index contributed by atoms with van der Waals surface area (Å²) in [6.07, 6.45) is 1.45. The zero-order chi connectivity index (χ0) is 18.1. The van der Waals surface area contributed by atoms with E-state index in [0.29, 0.717) is 11.3 Å². The van der Waals surface area contributed by atoms with Crippen LogP contribution in [0.5, 0.6) is 17.2 Å². The number of benzene rings is 3. The van der Waals surface area contributed by atoms with Crippen LogP contribution >= 0.6 is 0 Å². The highest BCUT2D eigenvalue weighted by Gasteiger charge is 2.15. The Hall–Kier alpha value is -3.73. The smallest absolute Gasteiger partial charge is 0.125 e. The van der Waals surface area contributed by atoms with Crippen molar-refractivity contribution in [3.8, 4) is 50.8 Å². The molecule has 128 valence electrons. The maximum atomic E-state index is 10.5. The van der Waals surface area contributed by atoms with Crippen molar-refractivity contribution >= 4 is 0 Å². The van der Waals surface area contributed by atoms with Gasteiger partial charge < -0.3 is 19.8 Å². The van der Waals surface area contributed by atoms with Gasteiger partial charge in [0.25, 0.3) is 0 Å². The summed E-state index contributed by atoms with van der Waals surface area (Å²) < 4.78 is 4.89. The molecular formula is C21H15NO4. The molecule has 1 aromatic heterocycles. The van der Waals surface area contributed by atoms with Crippen LogP contribution < -0.4 is 0 Å². The van der Waals surface area contributed by atoms with Crippen LogP contribution in [0.3, 0.4) is 0 Å². The molecule has 0 aliphatic rings. The van der Waals surface area contributed by atoms with Gasteiger partial charge in [-0.25, -0.2) is 0 Å². The lowest BCUT2D eigenvalue weighted by Gasteiger charge is -2.14. The van der Waals surface area contributed by atoms with E-state index in [-0.39, 0.29) is 17.2 Å². The van der Waals surface area contributed by atoms with E-state index in [2.05, 4.69) is 5.16 Å². The van der Waals surface area contributed by atoms with Gasteiger partial charge in [-0.15, -0.1) is 0 Å². The molecule has 0 aliphatic carbocycles. The number of aromatic nitrogens is 1. The average molecular weight is 345 g/mol. The van der Waals surface area contributed by atoms with Crippen LogP contribution in [-0.2, 0) is 0 Å². The molecule has 0 unspecified atom stereocenters. The molecule has 3 aromatic carbocycles. The van der Waals surface area contributed by atoms with Crippen molar-refractivity contribution in [1.82, 2.24) is 5.16 Å². The molecule has 0 aliphatic heterocycles. The Morgan fingerprint density at radius 3 is 1.65 bits per heavy atom. The molecular weight excluding hydrogens is 330 g/mol. The van der Waals surface area contributed by atoms with Crippen molar-refractivity contribution in [2.75, 3.05) is 0 Å². The Morgan fingerprint density at radius 2 is 1.15 bits per heavy atom. The summed E-state index contributed by atoms with van der Waals surface area (Å²) in [5, 5.41) is 33.6.